The molecule has 5 nitrogen and oxygen atoms in total. The van der Waals surface area contributed by atoms with Gasteiger partial charge >= 0.3 is 6.18 Å². The maximum Gasteiger partial charge on any atom is 0.433 e. The molecular weight excluding hydrogens is 367 g/mol. The monoisotopic (exact) mass is 387 g/mol. The Balaban J connectivity index is 2.08. The van der Waals surface area contributed by atoms with Crippen LogP contribution in [-0.4, -0.2) is 20.9 Å². The van der Waals surface area contributed by atoms with Crippen molar-refractivity contribution in [2.75, 3.05) is 5.73 Å². The number of fused-ring (bicyclic) bond motifs is 3. The highest BCUT2D eigenvalue weighted by atomic mass is 19.4. The minimum atomic E-state index is -4.54. The Labute approximate surface area is 159 Å². The lowest BCUT2D eigenvalue weighted by atomic mass is 9.84. The van der Waals surface area contributed by atoms with E-state index in [9.17, 15) is 13.2 Å². The lowest BCUT2D eigenvalue weighted by Crippen LogP contribution is -2.13. The van der Waals surface area contributed by atoms with Gasteiger partial charge in [-0.1, -0.05) is 6.92 Å². The number of rotatable bonds is 3. The van der Waals surface area contributed by atoms with Crippen molar-refractivity contribution in [1.82, 2.24) is 15.2 Å². The van der Waals surface area contributed by atoms with Crippen molar-refractivity contribution in [1.29, 1.82) is 5.41 Å². The van der Waals surface area contributed by atoms with Gasteiger partial charge in [-0.2, -0.15) is 18.3 Å². The number of nitrogens with two attached hydrogens (primary N) is 1. The molecule has 28 heavy (non-hydrogen) atoms. The number of pyridine rings is 1. The molecule has 4 rings (SSSR count). The first-order valence-corrected chi connectivity index (χ1v) is 9.25. The molecule has 0 saturated carbocycles. The molecular formula is C20H20F3N5. The molecule has 3 aromatic rings. The van der Waals surface area contributed by atoms with Crippen LogP contribution in [0.15, 0.2) is 18.3 Å². The van der Waals surface area contributed by atoms with Crippen LogP contribution in [0.3, 0.4) is 0 Å². The van der Waals surface area contributed by atoms with E-state index < -0.39 is 11.9 Å². The Bertz CT molecular complexity index is 1080. The van der Waals surface area contributed by atoms with E-state index in [0.29, 0.717) is 41.0 Å². The Kier molecular flexibility index (Phi) is 4.36. The molecule has 0 amide bonds. The van der Waals surface area contributed by atoms with Crippen LogP contribution in [-0.2, 0) is 19.0 Å². The Morgan fingerprint density at radius 2 is 1.93 bits per heavy atom. The number of nitrogens with one attached hydrogen (secondary N) is 2. The van der Waals surface area contributed by atoms with Crippen LogP contribution >= 0.6 is 0 Å². The predicted molar refractivity (Wildman–Crippen MR) is 103 cm³/mol. The van der Waals surface area contributed by atoms with E-state index in [4.69, 9.17) is 11.1 Å². The summed E-state index contributed by atoms with van der Waals surface area (Å²) >= 11 is 0. The van der Waals surface area contributed by atoms with Crippen LogP contribution < -0.4 is 5.73 Å². The fraction of sp³-hybridized carbons (Fsp3) is 0.350. The highest BCUT2D eigenvalue weighted by molar-refractivity contribution is 6.14. The van der Waals surface area contributed by atoms with E-state index in [1.165, 1.54) is 6.20 Å². The van der Waals surface area contributed by atoms with E-state index in [0.717, 1.165) is 35.8 Å². The van der Waals surface area contributed by atoms with E-state index in [1.807, 2.05) is 6.92 Å². The summed E-state index contributed by atoms with van der Waals surface area (Å²) in [5.41, 5.74) is 9.47. The van der Waals surface area contributed by atoms with Crippen LogP contribution in [0, 0.1) is 5.41 Å². The molecule has 2 aromatic heterocycles. The second kappa shape index (κ2) is 6.61. The zero-order valence-corrected chi connectivity index (χ0v) is 15.4. The fourth-order valence-corrected chi connectivity index (χ4v) is 4.04. The van der Waals surface area contributed by atoms with Crippen molar-refractivity contribution >= 4 is 22.3 Å². The molecule has 0 unspecified atom stereocenters. The van der Waals surface area contributed by atoms with E-state index >= 15 is 0 Å². The predicted octanol–water partition coefficient (Wildman–Crippen LogP) is 4.88. The zero-order chi connectivity index (χ0) is 20.1. The highest BCUT2D eigenvalue weighted by Gasteiger charge is 2.37. The summed E-state index contributed by atoms with van der Waals surface area (Å²) < 4.78 is 40.3. The molecule has 0 aliphatic heterocycles. The van der Waals surface area contributed by atoms with E-state index in [1.54, 1.807) is 12.1 Å². The van der Waals surface area contributed by atoms with Crippen LogP contribution in [0.4, 0.5) is 18.9 Å². The third-order valence-electron chi connectivity index (χ3n) is 5.34. The van der Waals surface area contributed by atoms with Crippen molar-refractivity contribution in [2.45, 2.75) is 45.2 Å². The van der Waals surface area contributed by atoms with Crippen LogP contribution in [0.2, 0.25) is 0 Å². The van der Waals surface area contributed by atoms with Crippen molar-refractivity contribution < 1.29 is 13.2 Å². The van der Waals surface area contributed by atoms with Gasteiger partial charge < -0.3 is 11.1 Å². The van der Waals surface area contributed by atoms with Gasteiger partial charge in [0.2, 0.25) is 0 Å². The molecule has 1 aliphatic rings. The Morgan fingerprint density at radius 1 is 1.21 bits per heavy atom. The van der Waals surface area contributed by atoms with Crippen LogP contribution in [0.25, 0.3) is 22.2 Å². The lowest BCUT2D eigenvalue weighted by Gasteiger charge is -2.23. The number of aromatic amines is 1. The number of hydrogen-bond acceptors (Lipinski definition) is 4. The average Bonchev–Trinajstić information content (AvgIpc) is 3.17. The number of aromatic nitrogens is 3. The Hall–Kier alpha value is -2.90. The number of benzene rings is 1. The first-order chi connectivity index (χ1) is 13.3. The number of halogens is 3. The summed E-state index contributed by atoms with van der Waals surface area (Å²) in [5, 5.41) is 14.9. The number of anilines is 1. The summed E-state index contributed by atoms with van der Waals surface area (Å²) in [6.45, 7) is 1.88. The number of hydrogen-bond donors (Lipinski definition) is 3. The van der Waals surface area contributed by atoms with E-state index in [2.05, 4.69) is 15.2 Å². The number of nitrogen functional groups attached to an aromatic ring is 1. The normalized spacial score (nSPS) is 14.3. The fourth-order valence-electron chi connectivity index (χ4n) is 4.04. The quantitative estimate of drug-likeness (QED) is 0.442. The van der Waals surface area contributed by atoms with Crippen molar-refractivity contribution in [3.63, 3.8) is 0 Å². The molecule has 0 radical (unpaired) electrons. The van der Waals surface area contributed by atoms with Crippen LogP contribution in [0.1, 0.15) is 48.6 Å². The molecule has 4 N–H and O–H groups in total. The first kappa shape index (κ1) is 18.5. The van der Waals surface area contributed by atoms with Gasteiger partial charge in [-0.25, -0.2) is 4.98 Å². The highest BCUT2D eigenvalue weighted by Crippen LogP contribution is 2.41. The summed E-state index contributed by atoms with van der Waals surface area (Å²) in [6, 6.07) is 3.40. The summed E-state index contributed by atoms with van der Waals surface area (Å²) in [4.78, 5) is 4.61. The molecule has 0 fully saturated rings. The van der Waals surface area contributed by atoms with Gasteiger partial charge in [0.1, 0.15) is 5.69 Å². The minimum Gasteiger partial charge on any atom is -0.398 e. The molecule has 0 saturated heterocycles. The van der Waals surface area contributed by atoms with Gasteiger partial charge in [0.15, 0.2) is 0 Å². The molecule has 8 heteroatoms. The van der Waals surface area contributed by atoms with Gasteiger partial charge in [0.05, 0.1) is 23.0 Å². The third-order valence-corrected chi connectivity index (χ3v) is 5.34. The number of nitrogens with zero attached hydrogens (tertiary/aromatic N) is 2. The van der Waals surface area contributed by atoms with Crippen molar-refractivity contribution in [3.8, 4) is 11.3 Å². The first-order valence-electron chi connectivity index (χ1n) is 9.25. The molecule has 0 bridgehead atoms. The smallest absolute Gasteiger partial charge is 0.398 e. The summed E-state index contributed by atoms with van der Waals surface area (Å²) in [5.74, 6) is 0. The summed E-state index contributed by atoms with van der Waals surface area (Å²) in [7, 11) is 0. The van der Waals surface area contributed by atoms with E-state index in [-0.39, 0.29) is 5.56 Å². The molecule has 0 spiro atoms. The van der Waals surface area contributed by atoms with Crippen molar-refractivity contribution in [3.05, 3.63) is 40.7 Å². The largest absolute Gasteiger partial charge is 0.433 e. The molecule has 1 aromatic carbocycles. The third kappa shape index (κ3) is 2.83. The second-order valence-corrected chi connectivity index (χ2v) is 7.04. The molecule has 1 aliphatic carbocycles. The van der Waals surface area contributed by atoms with Gasteiger partial charge in [-0.05, 0) is 55.4 Å². The SMILES string of the molecule is CCC(=N)c1c(N)ccc2nc(-c3cn[nH]c3C(F)(F)F)c3c(c12)CCCC3. The van der Waals surface area contributed by atoms with Crippen LogP contribution in [0.5, 0.6) is 0 Å². The topological polar surface area (TPSA) is 91.4 Å². The average molecular weight is 387 g/mol. The van der Waals surface area contributed by atoms with Gasteiger partial charge in [0, 0.05) is 22.3 Å². The standard InChI is InChI=1S/C20H20F3N5/c1-2-13(24)17-14(25)7-8-15-16(17)10-5-3-4-6-11(10)18(27-15)12-9-26-28-19(12)20(21,22)23/h7-9,24H,2-6,25H2,1H3,(H,26,28). The number of aryl methyl sites for hydroxylation is 1. The molecule has 0 atom stereocenters. The lowest BCUT2D eigenvalue weighted by molar-refractivity contribution is -0.140. The Morgan fingerprint density at radius 3 is 2.61 bits per heavy atom. The second-order valence-electron chi connectivity index (χ2n) is 7.04. The molecule has 146 valence electrons. The minimum absolute atomic E-state index is 0.0310. The van der Waals surface area contributed by atoms with Gasteiger partial charge in [0.25, 0.3) is 0 Å². The number of H-pyrrole nitrogens is 1. The summed E-state index contributed by atoms with van der Waals surface area (Å²) in [6.07, 6.45) is 0.364. The molecule has 2 heterocycles. The zero-order valence-electron chi connectivity index (χ0n) is 15.4. The van der Waals surface area contributed by atoms with Gasteiger partial charge in [-0.15, -0.1) is 0 Å². The maximum absolute atomic E-state index is 13.4. The number of alkyl halides is 3. The maximum atomic E-state index is 13.4. The van der Waals surface area contributed by atoms with Gasteiger partial charge in [-0.3, -0.25) is 5.10 Å². The van der Waals surface area contributed by atoms with Crippen molar-refractivity contribution in [2.24, 2.45) is 0 Å².